The summed E-state index contributed by atoms with van der Waals surface area (Å²) in [5.74, 6) is -0.367. The van der Waals surface area contributed by atoms with Crippen LogP contribution in [0.4, 0.5) is 0 Å². The smallest absolute Gasteiger partial charge is 0.335 e. The van der Waals surface area contributed by atoms with Crippen molar-refractivity contribution >= 4 is 17.6 Å². The number of aromatic hydroxyl groups is 1. The van der Waals surface area contributed by atoms with Crippen LogP contribution in [0.5, 0.6) is 5.75 Å². The minimum absolute atomic E-state index is 0.125. The Balaban J connectivity index is 2.90. The molecule has 0 atom stereocenters. The summed E-state index contributed by atoms with van der Waals surface area (Å²) in [6.07, 6.45) is 1.31. The highest BCUT2D eigenvalue weighted by Gasteiger charge is 2.07. The Bertz CT molecular complexity index is 336. The van der Waals surface area contributed by atoms with Crippen LogP contribution in [0.25, 0.3) is 0 Å². The second-order valence-corrected chi connectivity index (χ2v) is 3.32. The van der Waals surface area contributed by atoms with Crippen molar-refractivity contribution in [2.45, 2.75) is 12.8 Å². The third-order valence-corrected chi connectivity index (χ3v) is 2.17. The molecular formula is C10H11ClO3. The van der Waals surface area contributed by atoms with Gasteiger partial charge in [0.25, 0.3) is 0 Å². The van der Waals surface area contributed by atoms with Crippen molar-refractivity contribution < 1.29 is 15.0 Å². The number of phenols is 1. The van der Waals surface area contributed by atoms with E-state index in [1.165, 1.54) is 18.2 Å². The van der Waals surface area contributed by atoms with Gasteiger partial charge in [0.15, 0.2) is 0 Å². The largest absolute Gasteiger partial charge is 0.508 e. The van der Waals surface area contributed by atoms with E-state index in [9.17, 15) is 9.90 Å². The van der Waals surface area contributed by atoms with Crippen molar-refractivity contribution in [2.24, 2.45) is 0 Å². The monoisotopic (exact) mass is 214 g/mol. The lowest BCUT2D eigenvalue weighted by molar-refractivity contribution is 0.0697. The highest BCUT2D eigenvalue weighted by atomic mass is 35.5. The summed E-state index contributed by atoms with van der Waals surface area (Å²) in [6, 6.07) is 4.25. The maximum absolute atomic E-state index is 10.6. The fourth-order valence-corrected chi connectivity index (χ4v) is 1.31. The predicted octanol–water partition coefficient (Wildman–Crippen LogP) is 2.26. The summed E-state index contributed by atoms with van der Waals surface area (Å²) in [5.41, 5.74) is 0.818. The Morgan fingerprint density at radius 3 is 2.71 bits per heavy atom. The van der Waals surface area contributed by atoms with E-state index in [1.54, 1.807) is 0 Å². The van der Waals surface area contributed by atoms with Crippen LogP contribution in [-0.4, -0.2) is 22.1 Å². The van der Waals surface area contributed by atoms with E-state index in [2.05, 4.69) is 0 Å². The summed E-state index contributed by atoms with van der Waals surface area (Å²) in [4.78, 5) is 10.6. The number of aryl methyl sites for hydroxylation is 1. The number of hydrogen-bond acceptors (Lipinski definition) is 2. The minimum Gasteiger partial charge on any atom is -0.508 e. The molecule has 0 fully saturated rings. The molecule has 0 aliphatic heterocycles. The van der Waals surface area contributed by atoms with Gasteiger partial charge in [0.2, 0.25) is 0 Å². The molecule has 76 valence electrons. The third kappa shape index (κ3) is 2.64. The molecule has 0 saturated heterocycles. The molecule has 0 aliphatic rings. The number of carboxylic acids is 1. The normalized spacial score (nSPS) is 10.1. The fraction of sp³-hybridized carbons (Fsp3) is 0.300. The first kappa shape index (κ1) is 10.9. The van der Waals surface area contributed by atoms with Crippen molar-refractivity contribution in [3.05, 3.63) is 29.3 Å². The Labute approximate surface area is 86.9 Å². The van der Waals surface area contributed by atoms with Gasteiger partial charge in [0.1, 0.15) is 5.75 Å². The van der Waals surface area contributed by atoms with Crippen LogP contribution >= 0.6 is 11.6 Å². The zero-order valence-corrected chi connectivity index (χ0v) is 8.29. The molecule has 2 N–H and O–H groups in total. The molecule has 0 aliphatic carbocycles. The van der Waals surface area contributed by atoms with E-state index < -0.39 is 5.97 Å². The van der Waals surface area contributed by atoms with Crippen LogP contribution in [0, 0.1) is 0 Å². The van der Waals surface area contributed by atoms with Gasteiger partial charge in [-0.15, -0.1) is 11.6 Å². The molecule has 0 bridgehead atoms. The van der Waals surface area contributed by atoms with Gasteiger partial charge in [0.05, 0.1) is 5.56 Å². The molecule has 1 aromatic carbocycles. The molecule has 0 unspecified atom stereocenters. The number of halogens is 1. The van der Waals surface area contributed by atoms with Crippen molar-refractivity contribution in [2.75, 3.05) is 5.88 Å². The molecule has 1 rings (SSSR count). The third-order valence-electron chi connectivity index (χ3n) is 1.91. The lowest BCUT2D eigenvalue weighted by atomic mass is 10.1. The molecule has 4 heteroatoms. The maximum Gasteiger partial charge on any atom is 0.335 e. The van der Waals surface area contributed by atoms with Gasteiger partial charge < -0.3 is 10.2 Å². The van der Waals surface area contributed by atoms with Gasteiger partial charge in [-0.2, -0.15) is 0 Å². The summed E-state index contributed by atoms with van der Waals surface area (Å²) in [5, 5.41) is 18.1. The fourth-order valence-electron chi connectivity index (χ4n) is 1.18. The number of alkyl halides is 1. The Hall–Kier alpha value is -1.22. The number of phenolic OH excluding ortho intramolecular Hbond substituents is 1. The molecule has 0 aromatic heterocycles. The van der Waals surface area contributed by atoms with Crippen molar-refractivity contribution in [1.29, 1.82) is 0 Å². The Morgan fingerprint density at radius 2 is 2.14 bits per heavy atom. The van der Waals surface area contributed by atoms with E-state index in [4.69, 9.17) is 16.7 Å². The molecular weight excluding hydrogens is 204 g/mol. The van der Waals surface area contributed by atoms with Crippen molar-refractivity contribution in [3.8, 4) is 5.75 Å². The van der Waals surface area contributed by atoms with Gasteiger partial charge >= 0.3 is 5.97 Å². The first-order valence-electron chi connectivity index (χ1n) is 4.26. The van der Waals surface area contributed by atoms with Crippen LogP contribution in [0.2, 0.25) is 0 Å². The highest BCUT2D eigenvalue weighted by Crippen LogP contribution is 2.20. The topological polar surface area (TPSA) is 57.5 Å². The standard InChI is InChI=1S/C10H11ClO3/c11-5-1-2-7-6-8(10(13)14)3-4-9(7)12/h3-4,6,12H,1-2,5H2,(H,13,14). The first-order chi connectivity index (χ1) is 6.65. The number of benzene rings is 1. The number of hydrogen-bond donors (Lipinski definition) is 2. The second kappa shape index (κ2) is 4.86. The maximum atomic E-state index is 10.6. The lowest BCUT2D eigenvalue weighted by Crippen LogP contribution is -1.98. The molecule has 1 aromatic rings. The molecule has 0 amide bonds. The number of aromatic carboxylic acids is 1. The van der Waals surface area contributed by atoms with Gasteiger partial charge in [-0.1, -0.05) is 0 Å². The zero-order chi connectivity index (χ0) is 10.6. The summed E-state index contributed by atoms with van der Waals surface area (Å²) >= 11 is 5.51. The molecule has 0 saturated carbocycles. The van der Waals surface area contributed by atoms with E-state index >= 15 is 0 Å². The molecule has 0 radical (unpaired) electrons. The lowest BCUT2D eigenvalue weighted by Gasteiger charge is -2.04. The van der Waals surface area contributed by atoms with Crippen molar-refractivity contribution in [1.82, 2.24) is 0 Å². The number of carbonyl (C=O) groups is 1. The summed E-state index contributed by atoms with van der Waals surface area (Å²) in [6.45, 7) is 0. The van der Waals surface area contributed by atoms with E-state index in [0.717, 1.165) is 6.42 Å². The van der Waals surface area contributed by atoms with Crippen LogP contribution in [-0.2, 0) is 6.42 Å². The zero-order valence-electron chi connectivity index (χ0n) is 7.53. The SMILES string of the molecule is O=C(O)c1ccc(O)c(CCCCl)c1. The predicted molar refractivity (Wildman–Crippen MR) is 54.1 cm³/mol. The number of rotatable bonds is 4. The molecule has 0 heterocycles. The van der Waals surface area contributed by atoms with Gasteiger partial charge in [0, 0.05) is 5.88 Å². The van der Waals surface area contributed by atoms with Crippen molar-refractivity contribution in [3.63, 3.8) is 0 Å². The number of carboxylic acid groups (broad SMARTS) is 1. The summed E-state index contributed by atoms with van der Waals surface area (Å²) in [7, 11) is 0. The van der Waals surface area contributed by atoms with Crippen LogP contribution in [0.3, 0.4) is 0 Å². The first-order valence-corrected chi connectivity index (χ1v) is 4.79. The van der Waals surface area contributed by atoms with E-state index in [-0.39, 0.29) is 11.3 Å². The highest BCUT2D eigenvalue weighted by molar-refractivity contribution is 6.17. The van der Waals surface area contributed by atoms with Gasteiger partial charge in [-0.3, -0.25) is 0 Å². The van der Waals surface area contributed by atoms with E-state index in [0.29, 0.717) is 17.9 Å². The average Bonchev–Trinajstić information content (AvgIpc) is 2.16. The molecule has 0 spiro atoms. The minimum atomic E-state index is -0.989. The van der Waals surface area contributed by atoms with Crippen LogP contribution < -0.4 is 0 Å². The quantitative estimate of drug-likeness (QED) is 0.756. The summed E-state index contributed by atoms with van der Waals surface area (Å²) < 4.78 is 0. The van der Waals surface area contributed by atoms with Gasteiger partial charge in [-0.05, 0) is 36.6 Å². The molecule has 14 heavy (non-hydrogen) atoms. The van der Waals surface area contributed by atoms with Crippen LogP contribution in [0.1, 0.15) is 22.3 Å². The van der Waals surface area contributed by atoms with Crippen LogP contribution in [0.15, 0.2) is 18.2 Å². The molecule has 3 nitrogen and oxygen atoms in total. The Kier molecular flexibility index (Phi) is 3.77. The Morgan fingerprint density at radius 1 is 1.43 bits per heavy atom. The van der Waals surface area contributed by atoms with E-state index in [1.807, 2.05) is 0 Å². The second-order valence-electron chi connectivity index (χ2n) is 2.94. The van der Waals surface area contributed by atoms with Gasteiger partial charge in [-0.25, -0.2) is 4.79 Å². The average molecular weight is 215 g/mol.